The molecule has 1 aromatic rings. The number of rotatable bonds is 5. The monoisotopic (exact) mass is 700 g/mol. The summed E-state index contributed by atoms with van der Waals surface area (Å²) in [5.41, 5.74) is -5.17. The van der Waals surface area contributed by atoms with Gasteiger partial charge in [0.15, 0.2) is 11.4 Å². The fourth-order valence-corrected chi connectivity index (χ4v) is 13.5. The second-order valence-electron chi connectivity index (χ2n) is 15.4. The SMILES string of the molecule is CC(=O)O[C@@]12CO[C@@H]1C[C@@H]1O[Si](C(C)C)O[Si](C(C)C)OC3C(=O)[C@@]1(C)[C@@H]2[C@H](OC(=O)c1ccccc1)[C@]1(O)C[C@H](O)C(C)=C3C1(C)C. The van der Waals surface area contributed by atoms with Crippen LogP contribution in [0.4, 0.5) is 0 Å². The zero-order valence-electron chi connectivity index (χ0n) is 29.2. The number of ketones is 1. The Morgan fingerprint density at radius 2 is 1.62 bits per heavy atom. The molecule has 4 bridgehead atoms. The van der Waals surface area contributed by atoms with Crippen LogP contribution in [-0.4, -0.2) is 94.8 Å². The topological polar surface area (TPSA) is 147 Å². The van der Waals surface area contributed by atoms with Crippen molar-refractivity contribution in [2.45, 2.75) is 128 Å². The second kappa shape index (κ2) is 12.2. The van der Waals surface area contributed by atoms with E-state index < -0.39 is 89.0 Å². The zero-order valence-corrected chi connectivity index (χ0v) is 31.2. The molecule has 4 fully saturated rings. The Balaban J connectivity index is 1.69. The van der Waals surface area contributed by atoms with Gasteiger partial charge in [0.2, 0.25) is 0 Å². The van der Waals surface area contributed by atoms with Crippen LogP contribution in [-0.2, 0) is 36.8 Å². The van der Waals surface area contributed by atoms with Gasteiger partial charge in [-0.15, -0.1) is 0 Å². The third kappa shape index (κ3) is 5.14. The van der Waals surface area contributed by atoms with E-state index in [0.717, 1.165) is 0 Å². The highest BCUT2D eigenvalue weighted by Gasteiger charge is 2.78. The Morgan fingerprint density at radius 3 is 2.19 bits per heavy atom. The highest BCUT2D eigenvalue weighted by Crippen LogP contribution is 2.65. The molecule has 2 radical (unpaired) electrons. The van der Waals surface area contributed by atoms with E-state index in [-0.39, 0.29) is 41.9 Å². The summed E-state index contributed by atoms with van der Waals surface area (Å²) < 4.78 is 39.3. The normalized spacial score (nSPS) is 39.7. The smallest absolute Gasteiger partial charge is 0.378 e. The first-order valence-corrected chi connectivity index (χ1v) is 19.7. The summed E-state index contributed by atoms with van der Waals surface area (Å²) in [7, 11) is -4.24. The van der Waals surface area contributed by atoms with Crippen LogP contribution >= 0.6 is 0 Å². The fraction of sp³-hybridized carbons (Fsp3) is 0.686. The van der Waals surface area contributed by atoms with Crippen molar-refractivity contribution in [3.8, 4) is 0 Å². The summed E-state index contributed by atoms with van der Waals surface area (Å²) in [4.78, 5) is 42.7. The van der Waals surface area contributed by atoms with E-state index in [0.29, 0.717) is 11.1 Å². The Morgan fingerprint density at radius 1 is 1.00 bits per heavy atom. The molecular formula is C35H48O11Si2. The Bertz CT molecular complexity index is 1500. The molecule has 3 aliphatic carbocycles. The number of aliphatic hydroxyl groups excluding tert-OH is 1. The summed E-state index contributed by atoms with van der Waals surface area (Å²) in [5.74, 6) is -2.83. The van der Waals surface area contributed by atoms with Crippen molar-refractivity contribution in [1.82, 2.24) is 0 Å². The van der Waals surface area contributed by atoms with Gasteiger partial charge in [0.25, 0.3) is 0 Å². The first kappa shape index (κ1) is 35.6. The van der Waals surface area contributed by atoms with E-state index in [1.54, 1.807) is 58.0 Å². The minimum atomic E-state index is -2.16. The Kier molecular flexibility index (Phi) is 9.06. The molecule has 2 saturated heterocycles. The maximum Gasteiger partial charge on any atom is 0.378 e. The van der Waals surface area contributed by atoms with Gasteiger partial charge in [-0.3, -0.25) is 9.59 Å². The minimum Gasteiger partial charge on any atom is -0.455 e. The number of carbonyl (C=O) groups excluding carboxylic acids is 3. The van der Waals surface area contributed by atoms with E-state index in [1.807, 2.05) is 27.7 Å². The lowest BCUT2D eigenvalue weighted by Gasteiger charge is -2.68. The molecule has 2 heterocycles. The lowest BCUT2D eigenvalue weighted by molar-refractivity contribution is -0.344. The summed E-state index contributed by atoms with van der Waals surface area (Å²) in [6, 6.07) is 8.40. The number of fused-ring (bicyclic) bond motifs is 6. The number of benzene rings is 1. The number of hydrogen-bond donors (Lipinski definition) is 2. The van der Waals surface area contributed by atoms with Crippen LogP contribution in [0.25, 0.3) is 0 Å². The van der Waals surface area contributed by atoms with Crippen molar-refractivity contribution in [2.24, 2.45) is 16.7 Å². The first-order valence-electron chi connectivity index (χ1n) is 16.9. The summed E-state index contributed by atoms with van der Waals surface area (Å²) in [6.07, 6.45) is -5.43. The molecule has 2 saturated carbocycles. The molecule has 0 amide bonds. The molecule has 5 aliphatic rings. The van der Waals surface area contributed by atoms with E-state index in [9.17, 15) is 19.8 Å². The number of hydrogen-bond acceptors (Lipinski definition) is 11. The van der Waals surface area contributed by atoms with Crippen molar-refractivity contribution < 1.29 is 51.8 Å². The lowest BCUT2D eigenvalue weighted by Crippen LogP contribution is -2.82. The van der Waals surface area contributed by atoms with Crippen molar-refractivity contribution in [2.75, 3.05) is 6.61 Å². The van der Waals surface area contributed by atoms with Gasteiger partial charge in [-0.25, -0.2) is 4.79 Å². The van der Waals surface area contributed by atoms with Crippen molar-refractivity contribution in [1.29, 1.82) is 0 Å². The molecular weight excluding hydrogens is 653 g/mol. The van der Waals surface area contributed by atoms with E-state index in [1.165, 1.54) is 6.92 Å². The van der Waals surface area contributed by atoms with E-state index >= 15 is 4.79 Å². The van der Waals surface area contributed by atoms with Crippen LogP contribution in [0.1, 0.15) is 85.5 Å². The second-order valence-corrected chi connectivity index (χ2v) is 20.3. The lowest BCUT2D eigenvalue weighted by atomic mass is 9.44. The Labute approximate surface area is 285 Å². The van der Waals surface area contributed by atoms with Crippen LogP contribution in [0.15, 0.2) is 41.5 Å². The molecule has 13 heteroatoms. The molecule has 262 valence electrons. The maximum absolute atomic E-state index is 15.7. The number of carbonyl (C=O) groups is 3. The summed E-state index contributed by atoms with van der Waals surface area (Å²) >= 11 is 0. The number of ether oxygens (including phenoxy) is 3. The average Bonchev–Trinajstić information content (AvgIpc) is 3.04. The highest BCUT2D eigenvalue weighted by molar-refractivity contribution is 6.61. The van der Waals surface area contributed by atoms with Gasteiger partial charge in [-0.05, 0) is 48.2 Å². The minimum absolute atomic E-state index is 0.0337. The van der Waals surface area contributed by atoms with E-state index in [2.05, 4.69) is 0 Å². The van der Waals surface area contributed by atoms with Crippen LogP contribution in [0, 0.1) is 16.7 Å². The molecule has 11 nitrogen and oxygen atoms in total. The predicted molar refractivity (Wildman–Crippen MR) is 176 cm³/mol. The molecule has 6 rings (SSSR count). The molecule has 1 aromatic carbocycles. The maximum atomic E-state index is 15.7. The van der Waals surface area contributed by atoms with Crippen molar-refractivity contribution >= 4 is 36.3 Å². The molecule has 48 heavy (non-hydrogen) atoms. The van der Waals surface area contributed by atoms with Gasteiger partial charge in [-0.2, -0.15) is 0 Å². The number of aliphatic hydroxyl groups is 2. The predicted octanol–water partition coefficient (Wildman–Crippen LogP) is 3.96. The van der Waals surface area contributed by atoms with Gasteiger partial charge >= 0.3 is 30.5 Å². The molecule has 0 aromatic heterocycles. The summed E-state index contributed by atoms with van der Waals surface area (Å²) in [5, 5.41) is 25.0. The number of Topliss-reactive ketones (excluding diaryl/α,β-unsaturated/α-hetero) is 1. The third-order valence-electron chi connectivity index (χ3n) is 11.5. The van der Waals surface area contributed by atoms with Crippen LogP contribution in [0.5, 0.6) is 0 Å². The van der Waals surface area contributed by atoms with Crippen molar-refractivity contribution in [3.63, 3.8) is 0 Å². The Hall–Kier alpha value is -2.24. The van der Waals surface area contributed by atoms with Gasteiger partial charge in [-0.1, -0.05) is 59.7 Å². The average molecular weight is 701 g/mol. The van der Waals surface area contributed by atoms with Crippen LogP contribution < -0.4 is 0 Å². The third-order valence-corrected chi connectivity index (χ3v) is 16.0. The molecule has 2 N–H and O–H groups in total. The fourth-order valence-electron chi connectivity index (χ4n) is 8.80. The van der Waals surface area contributed by atoms with Crippen molar-refractivity contribution in [3.05, 3.63) is 47.0 Å². The quantitative estimate of drug-likeness (QED) is 0.262. The largest absolute Gasteiger partial charge is 0.455 e. The molecule has 1 unspecified atom stereocenters. The van der Waals surface area contributed by atoms with Gasteiger partial charge in [0.1, 0.15) is 23.9 Å². The molecule has 0 spiro atoms. The highest BCUT2D eigenvalue weighted by atomic mass is 28.4. The molecule has 9 atom stereocenters. The van der Waals surface area contributed by atoms with Gasteiger partial charge < -0.3 is 37.4 Å². The number of esters is 2. The first-order chi connectivity index (χ1) is 22.4. The van der Waals surface area contributed by atoms with Gasteiger partial charge in [0.05, 0.1) is 35.7 Å². The van der Waals surface area contributed by atoms with E-state index in [4.69, 9.17) is 27.2 Å². The van der Waals surface area contributed by atoms with Crippen LogP contribution in [0.3, 0.4) is 0 Å². The van der Waals surface area contributed by atoms with Gasteiger partial charge in [0, 0.05) is 25.2 Å². The van der Waals surface area contributed by atoms with Crippen LogP contribution in [0.2, 0.25) is 11.1 Å². The zero-order chi connectivity index (χ0) is 35.1. The molecule has 2 aliphatic heterocycles. The standard InChI is InChI=1S/C35H48O11Si2/c1-18(2)47-44-24-15-25-34(17-41-25,43-21(6)36)28-30(42-31(39)22-13-11-10-12-14-22)35(40)16-23(37)20(5)26(32(35,7)8)27(29(38)33(24,28)9)45-48(46-47)19(3)4/h10-14,18-19,23-25,27-28,30,37,40H,15-17H2,1-9H3/t23-,24-,25+,27?,28-,30-,33+,34-,35+/m0/s1. The summed E-state index contributed by atoms with van der Waals surface area (Å²) in [6.45, 7) is 16.3.